The molecule has 1 rings (SSSR count). The lowest BCUT2D eigenvalue weighted by atomic mass is 9.81. The molecule has 0 radical (unpaired) electrons. The van der Waals surface area contributed by atoms with Crippen LogP contribution in [0.5, 0.6) is 0 Å². The van der Waals surface area contributed by atoms with Crippen LogP contribution in [-0.2, 0) is 5.79 Å². The summed E-state index contributed by atoms with van der Waals surface area (Å²) in [6, 6.07) is 7.31. The van der Waals surface area contributed by atoms with Gasteiger partial charge in [0.1, 0.15) is 0 Å². The third-order valence-electron chi connectivity index (χ3n) is 2.54. The Morgan fingerprint density at radius 1 is 1.00 bits per heavy atom. The lowest BCUT2D eigenvalue weighted by Crippen LogP contribution is -2.39. The van der Waals surface area contributed by atoms with E-state index in [0.717, 1.165) is 4.90 Å². The molecule has 3 heteroatoms. The number of rotatable bonds is 2. The molecule has 0 aliphatic heterocycles. The van der Waals surface area contributed by atoms with E-state index in [2.05, 4.69) is 0 Å². The van der Waals surface area contributed by atoms with Gasteiger partial charge >= 0.3 is 0 Å². The average Bonchev–Trinajstić information content (AvgIpc) is 2.16. The van der Waals surface area contributed by atoms with Crippen LogP contribution in [0.4, 0.5) is 0 Å². The van der Waals surface area contributed by atoms with Crippen molar-refractivity contribution >= 4 is 11.8 Å². The van der Waals surface area contributed by atoms with Gasteiger partial charge in [-0.1, -0.05) is 32.9 Å². The van der Waals surface area contributed by atoms with Crippen LogP contribution >= 0.6 is 11.8 Å². The Morgan fingerprint density at radius 3 is 1.80 bits per heavy atom. The largest absolute Gasteiger partial charge is 0.362 e. The first-order chi connectivity index (χ1) is 6.79. The fourth-order valence-corrected chi connectivity index (χ4v) is 1.66. The second-order valence-corrected chi connectivity index (χ2v) is 5.53. The van der Waals surface area contributed by atoms with Crippen LogP contribution in [0.25, 0.3) is 0 Å². The predicted octanol–water partition coefficient (Wildman–Crippen LogP) is 2.59. The van der Waals surface area contributed by atoms with Crippen LogP contribution < -0.4 is 0 Å². The van der Waals surface area contributed by atoms with Gasteiger partial charge in [0.15, 0.2) is 5.79 Å². The first kappa shape index (κ1) is 12.6. The van der Waals surface area contributed by atoms with E-state index in [1.165, 1.54) is 0 Å². The molecule has 2 nitrogen and oxygen atoms in total. The smallest absolute Gasteiger partial charge is 0.194 e. The average molecular weight is 226 g/mol. The Morgan fingerprint density at radius 2 is 1.47 bits per heavy atom. The van der Waals surface area contributed by atoms with Gasteiger partial charge in [0.25, 0.3) is 0 Å². The molecule has 0 fully saturated rings. The second-order valence-electron chi connectivity index (χ2n) is 4.65. The number of benzene rings is 1. The SMILES string of the molecule is CSc1ccc(C(O)(O)C(C)(C)C)cc1. The third-order valence-corrected chi connectivity index (χ3v) is 3.28. The topological polar surface area (TPSA) is 40.5 Å². The minimum Gasteiger partial charge on any atom is -0.362 e. The molecule has 0 saturated heterocycles. The third kappa shape index (κ3) is 2.54. The molecule has 0 amide bonds. The zero-order valence-corrected chi connectivity index (χ0v) is 10.4. The number of aliphatic hydroxyl groups is 2. The van der Waals surface area contributed by atoms with Crippen molar-refractivity contribution in [3.8, 4) is 0 Å². The fraction of sp³-hybridized carbons (Fsp3) is 0.500. The lowest BCUT2D eigenvalue weighted by Gasteiger charge is -2.35. The molecule has 0 saturated carbocycles. The number of thioether (sulfide) groups is 1. The maximum atomic E-state index is 10.0. The maximum Gasteiger partial charge on any atom is 0.194 e. The highest BCUT2D eigenvalue weighted by atomic mass is 32.2. The molecule has 0 unspecified atom stereocenters. The molecule has 1 aromatic carbocycles. The van der Waals surface area contributed by atoms with Crippen molar-refractivity contribution in [1.82, 2.24) is 0 Å². The molecule has 15 heavy (non-hydrogen) atoms. The van der Waals surface area contributed by atoms with Gasteiger partial charge in [0.05, 0.1) is 0 Å². The van der Waals surface area contributed by atoms with Gasteiger partial charge in [0, 0.05) is 15.9 Å². The Kier molecular flexibility index (Phi) is 3.48. The summed E-state index contributed by atoms with van der Waals surface area (Å²) in [7, 11) is 0. The van der Waals surface area contributed by atoms with Crippen molar-refractivity contribution < 1.29 is 10.2 Å². The van der Waals surface area contributed by atoms with E-state index < -0.39 is 11.2 Å². The van der Waals surface area contributed by atoms with Crippen molar-refractivity contribution in [1.29, 1.82) is 0 Å². The summed E-state index contributed by atoms with van der Waals surface area (Å²) in [5.74, 6) is -1.79. The van der Waals surface area contributed by atoms with Crippen molar-refractivity contribution in [3.05, 3.63) is 29.8 Å². The molecular weight excluding hydrogens is 208 g/mol. The highest BCUT2D eigenvalue weighted by Gasteiger charge is 2.39. The minimum atomic E-state index is -1.79. The quantitative estimate of drug-likeness (QED) is 0.601. The predicted molar refractivity (Wildman–Crippen MR) is 63.8 cm³/mol. The van der Waals surface area contributed by atoms with Crippen molar-refractivity contribution in [3.63, 3.8) is 0 Å². The Hall–Kier alpha value is -0.510. The van der Waals surface area contributed by atoms with E-state index in [1.54, 1.807) is 44.7 Å². The van der Waals surface area contributed by atoms with Crippen LogP contribution in [-0.4, -0.2) is 16.5 Å². The molecule has 0 aliphatic carbocycles. The van der Waals surface area contributed by atoms with Crippen molar-refractivity contribution in [2.45, 2.75) is 31.5 Å². The first-order valence-electron chi connectivity index (χ1n) is 4.88. The lowest BCUT2D eigenvalue weighted by molar-refractivity contribution is -0.237. The molecule has 0 atom stereocenters. The van der Waals surface area contributed by atoms with E-state index in [-0.39, 0.29) is 0 Å². The summed E-state index contributed by atoms with van der Waals surface area (Å²) in [4.78, 5) is 1.11. The van der Waals surface area contributed by atoms with Gasteiger partial charge in [-0.15, -0.1) is 11.8 Å². The summed E-state index contributed by atoms with van der Waals surface area (Å²) >= 11 is 1.63. The van der Waals surface area contributed by atoms with Gasteiger partial charge in [-0.05, 0) is 18.4 Å². The summed E-state index contributed by atoms with van der Waals surface area (Å²) in [5, 5.41) is 20.1. The Bertz CT molecular complexity index is 322. The van der Waals surface area contributed by atoms with Gasteiger partial charge in [-0.3, -0.25) is 0 Å². The van der Waals surface area contributed by atoms with Crippen LogP contribution in [0, 0.1) is 5.41 Å². The zero-order chi connectivity index (χ0) is 11.7. The first-order valence-corrected chi connectivity index (χ1v) is 6.11. The van der Waals surface area contributed by atoms with Gasteiger partial charge in [-0.25, -0.2) is 0 Å². The summed E-state index contributed by atoms with van der Waals surface area (Å²) in [6.07, 6.45) is 1.99. The molecular formula is C12H18O2S. The van der Waals surface area contributed by atoms with Crippen LogP contribution in [0.1, 0.15) is 26.3 Å². The highest BCUT2D eigenvalue weighted by Crippen LogP contribution is 2.37. The summed E-state index contributed by atoms with van der Waals surface area (Å²) in [6.45, 7) is 5.40. The van der Waals surface area contributed by atoms with Crippen molar-refractivity contribution in [2.24, 2.45) is 5.41 Å². The van der Waals surface area contributed by atoms with E-state index in [1.807, 2.05) is 18.4 Å². The van der Waals surface area contributed by atoms with Gasteiger partial charge in [0.2, 0.25) is 0 Å². The molecule has 0 bridgehead atoms. The van der Waals surface area contributed by atoms with Gasteiger partial charge in [-0.2, -0.15) is 0 Å². The van der Waals surface area contributed by atoms with Crippen LogP contribution in [0.2, 0.25) is 0 Å². The molecule has 2 N–H and O–H groups in total. The van der Waals surface area contributed by atoms with Crippen molar-refractivity contribution in [2.75, 3.05) is 6.26 Å². The zero-order valence-electron chi connectivity index (χ0n) is 9.61. The monoisotopic (exact) mass is 226 g/mol. The van der Waals surface area contributed by atoms with Crippen LogP contribution in [0.15, 0.2) is 29.2 Å². The molecule has 84 valence electrons. The van der Waals surface area contributed by atoms with E-state index in [4.69, 9.17) is 0 Å². The maximum absolute atomic E-state index is 10.0. The summed E-state index contributed by atoms with van der Waals surface area (Å²) < 4.78 is 0. The number of hydrogen-bond donors (Lipinski definition) is 2. The standard InChI is InChI=1S/C12H18O2S/c1-11(2,3)12(13,14)9-5-7-10(15-4)8-6-9/h5-8,13-14H,1-4H3. The molecule has 0 aliphatic rings. The normalized spacial score (nSPS) is 12.9. The Balaban J connectivity index is 3.06. The Labute approximate surface area is 95.3 Å². The molecule has 0 spiro atoms. The summed E-state index contributed by atoms with van der Waals surface area (Å²) in [5.41, 5.74) is -0.0683. The van der Waals surface area contributed by atoms with Crippen LogP contribution in [0.3, 0.4) is 0 Å². The van der Waals surface area contributed by atoms with E-state index in [0.29, 0.717) is 5.56 Å². The van der Waals surface area contributed by atoms with Gasteiger partial charge < -0.3 is 10.2 Å². The molecule has 0 heterocycles. The molecule has 1 aromatic rings. The fourth-order valence-electron chi connectivity index (χ4n) is 1.26. The second kappa shape index (κ2) is 4.16. The minimum absolute atomic E-state index is 0.535. The van der Waals surface area contributed by atoms with E-state index >= 15 is 0 Å². The molecule has 0 aromatic heterocycles. The number of hydrogen-bond acceptors (Lipinski definition) is 3. The van der Waals surface area contributed by atoms with E-state index in [9.17, 15) is 10.2 Å². The highest BCUT2D eigenvalue weighted by molar-refractivity contribution is 7.98.